The molecular weight excluding hydrogens is 442 g/mol. The summed E-state index contributed by atoms with van der Waals surface area (Å²) < 4.78 is 56.3. The molecule has 1 fully saturated rings. The largest absolute Gasteiger partial charge is 0.495 e. The Kier molecular flexibility index (Phi) is 6.70. The lowest BCUT2D eigenvalue weighted by Crippen LogP contribution is -2.42. The third-order valence-electron chi connectivity index (χ3n) is 5.17. The van der Waals surface area contributed by atoms with E-state index in [1.165, 1.54) is 53.9 Å². The van der Waals surface area contributed by atoms with Gasteiger partial charge in [0.15, 0.2) is 0 Å². The van der Waals surface area contributed by atoms with Crippen molar-refractivity contribution in [3.63, 3.8) is 0 Å². The lowest BCUT2D eigenvalue weighted by molar-refractivity contribution is 0.102. The van der Waals surface area contributed by atoms with Crippen molar-refractivity contribution < 1.29 is 26.4 Å². The number of nitrogens with zero attached hydrogens (tertiary/aromatic N) is 1. The number of rotatable bonds is 6. The highest BCUT2D eigenvalue weighted by Crippen LogP contribution is 2.32. The minimum Gasteiger partial charge on any atom is -0.495 e. The Morgan fingerprint density at radius 1 is 1.13 bits per heavy atom. The summed E-state index contributed by atoms with van der Waals surface area (Å²) in [4.78, 5) is 12.5. The van der Waals surface area contributed by atoms with Gasteiger partial charge in [-0.15, -0.1) is 0 Å². The van der Waals surface area contributed by atoms with E-state index >= 15 is 0 Å². The summed E-state index contributed by atoms with van der Waals surface area (Å²) in [5, 5.41) is 7.69. The Morgan fingerprint density at radius 2 is 1.87 bits per heavy atom. The van der Waals surface area contributed by atoms with Gasteiger partial charge >= 0.3 is 0 Å². The van der Waals surface area contributed by atoms with E-state index in [0.29, 0.717) is 6.54 Å². The SMILES string of the molecule is COc1ccc(C(=O)Nc2cccc(S(N)(=O)=O)c2)cc1S(=O)(=O)N1CCCC[C@@H]1C. The summed E-state index contributed by atoms with van der Waals surface area (Å²) in [5.74, 6) is -0.456. The first-order valence-corrected chi connectivity index (χ1v) is 12.7. The number of amides is 1. The number of methoxy groups -OCH3 is 1. The van der Waals surface area contributed by atoms with Gasteiger partial charge in [0, 0.05) is 23.8 Å². The van der Waals surface area contributed by atoms with Crippen molar-refractivity contribution >= 4 is 31.6 Å². The molecule has 0 aromatic heterocycles. The number of nitrogens with two attached hydrogens (primary N) is 1. The Labute approximate surface area is 182 Å². The normalized spacial score (nSPS) is 17.8. The molecule has 1 aliphatic rings. The molecule has 1 amide bonds. The van der Waals surface area contributed by atoms with Gasteiger partial charge < -0.3 is 10.1 Å². The molecule has 0 aliphatic carbocycles. The van der Waals surface area contributed by atoms with Crippen LogP contribution in [-0.4, -0.2) is 46.7 Å². The number of piperidine rings is 1. The van der Waals surface area contributed by atoms with Crippen molar-refractivity contribution in [3.05, 3.63) is 48.0 Å². The van der Waals surface area contributed by atoms with Crippen molar-refractivity contribution in [2.24, 2.45) is 5.14 Å². The van der Waals surface area contributed by atoms with Gasteiger partial charge in [0.05, 0.1) is 12.0 Å². The van der Waals surface area contributed by atoms with E-state index in [4.69, 9.17) is 9.88 Å². The Morgan fingerprint density at radius 3 is 2.52 bits per heavy atom. The molecule has 1 aliphatic heterocycles. The molecule has 9 nitrogen and oxygen atoms in total. The second kappa shape index (κ2) is 8.95. The van der Waals surface area contributed by atoms with Crippen molar-refractivity contribution in [1.82, 2.24) is 4.31 Å². The highest BCUT2D eigenvalue weighted by molar-refractivity contribution is 7.89. The third kappa shape index (κ3) is 5.06. The van der Waals surface area contributed by atoms with E-state index in [-0.39, 0.29) is 32.8 Å². The number of carbonyl (C=O) groups excluding carboxylic acids is 1. The average Bonchev–Trinajstić information content (AvgIpc) is 2.73. The van der Waals surface area contributed by atoms with Crippen LogP contribution < -0.4 is 15.2 Å². The predicted molar refractivity (Wildman–Crippen MR) is 116 cm³/mol. The Bertz CT molecular complexity index is 1200. The van der Waals surface area contributed by atoms with Crippen LogP contribution in [0.2, 0.25) is 0 Å². The standard InChI is InChI=1S/C20H25N3O6S2/c1-14-6-3-4-11-23(14)31(27,28)19-12-15(9-10-18(19)29-2)20(24)22-16-7-5-8-17(13-16)30(21,25)26/h5,7-10,12-14H,3-4,6,11H2,1-2H3,(H,22,24)(H2,21,25,26)/t14-/m0/s1. The smallest absolute Gasteiger partial charge is 0.255 e. The summed E-state index contributed by atoms with van der Waals surface area (Å²) in [5.41, 5.74) is 0.298. The molecule has 1 saturated heterocycles. The second-order valence-corrected chi connectivity index (χ2v) is 10.8. The van der Waals surface area contributed by atoms with Crippen LogP contribution >= 0.6 is 0 Å². The van der Waals surface area contributed by atoms with Crippen LogP contribution in [0, 0.1) is 0 Å². The minimum absolute atomic E-state index is 0.0880. The van der Waals surface area contributed by atoms with Crippen molar-refractivity contribution in [2.75, 3.05) is 19.0 Å². The Hall–Kier alpha value is -2.47. The number of anilines is 1. The molecule has 3 rings (SSSR count). The van der Waals surface area contributed by atoms with Gasteiger partial charge in [0.2, 0.25) is 20.0 Å². The summed E-state index contributed by atoms with van der Waals surface area (Å²) >= 11 is 0. The fraction of sp³-hybridized carbons (Fsp3) is 0.350. The molecule has 2 aromatic carbocycles. The number of hydrogen-bond donors (Lipinski definition) is 2. The zero-order valence-corrected chi connectivity index (χ0v) is 18.9. The quantitative estimate of drug-likeness (QED) is 0.668. The van der Waals surface area contributed by atoms with E-state index in [1.807, 2.05) is 6.92 Å². The summed E-state index contributed by atoms with van der Waals surface area (Å²) in [7, 11) is -6.44. The van der Waals surface area contributed by atoms with E-state index in [0.717, 1.165) is 19.3 Å². The maximum atomic E-state index is 13.3. The van der Waals surface area contributed by atoms with Gasteiger partial charge in [-0.3, -0.25) is 4.79 Å². The molecule has 0 bridgehead atoms. The first-order valence-electron chi connectivity index (χ1n) is 9.68. The summed E-state index contributed by atoms with van der Waals surface area (Å²) in [6, 6.07) is 9.47. The number of primary sulfonamides is 1. The molecule has 1 heterocycles. The van der Waals surface area contributed by atoms with Gasteiger partial charge in [-0.05, 0) is 56.2 Å². The minimum atomic E-state index is -3.93. The first-order chi connectivity index (χ1) is 14.5. The van der Waals surface area contributed by atoms with Crippen LogP contribution in [0.15, 0.2) is 52.3 Å². The molecule has 0 radical (unpaired) electrons. The van der Waals surface area contributed by atoms with E-state index < -0.39 is 26.0 Å². The van der Waals surface area contributed by atoms with Crippen LogP contribution in [0.5, 0.6) is 5.75 Å². The fourth-order valence-electron chi connectivity index (χ4n) is 3.53. The van der Waals surface area contributed by atoms with Crippen LogP contribution in [0.25, 0.3) is 0 Å². The highest BCUT2D eigenvalue weighted by Gasteiger charge is 2.33. The maximum absolute atomic E-state index is 13.3. The predicted octanol–water partition coefficient (Wildman–Crippen LogP) is 2.16. The molecule has 11 heteroatoms. The number of ether oxygens (including phenoxy) is 1. The van der Waals surface area contributed by atoms with E-state index in [9.17, 15) is 21.6 Å². The Balaban J connectivity index is 1.94. The molecule has 0 spiro atoms. The molecule has 2 aromatic rings. The highest BCUT2D eigenvalue weighted by atomic mass is 32.2. The van der Waals surface area contributed by atoms with E-state index in [1.54, 1.807) is 0 Å². The van der Waals surface area contributed by atoms with Crippen molar-refractivity contribution in [2.45, 2.75) is 42.0 Å². The number of nitrogens with one attached hydrogen (secondary N) is 1. The fourth-order valence-corrected chi connectivity index (χ4v) is 5.97. The van der Waals surface area contributed by atoms with Crippen LogP contribution in [0.3, 0.4) is 0 Å². The van der Waals surface area contributed by atoms with Gasteiger partial charge in [-0.2, -0.15) is 4.31 Å². The third-order valence-corrected chi connectivity index (χ3v) is 8.12. The molecule has 0 saturated carbocycles. The molecule has 0 unspecified atom stereocenters. The van der Waals surface area contributed by atoms with Gasteiger partial charge in [-0.1, -0.05) is 12.5 Å². The summed E-state index contributed by atoms with van der Waals surface area (Å²) in [6.07, 6.45) is 2.50. The van der Waals surface area contributed by atoms with Crippen LogP contribution in [0.1, 0.15) is 36.5 Å². The summed E-state index contributed by atoms with van der Waals surface area (Å²) in [6.45, 7) is 2.27. The van der Waals surface area contributed by atoms with Crippen LogP contribution in [-0.2, 0) is 20.0 Å². The number of carbonyl (C=O) groups is 1. The number of hydrogen-bond acceptors (Lipinski definition) is 6. The van der Waals surface area contributed by atoms with Gasteiger partial charge in [-0.25, -0.2) is 22.0 Å². The van der Waals surface area contributed by atoms with Crippen LogP contribution in [0.4, 0.5) is 5.69 Å². The monoisotopic (exact) mass is 467 g/mol. The first kappa shape index (κ1) is 23.2. The lowest BCUT2D eigenvalue weighted by atomic mass is 10.1. The molecular formula is C20H25N3O6S2. The zero-order chi connectivity index (χ0) is 22.8. The zero-order valence-electron chi connectivity index (χ0n) is 17.2. The molecule has 31 heavy (non-hydrogen) atoms. The number of benzene rings is 2. The second-order valence-electron chi connectivity index (χ2n) is 7.35. The molecule has 3 N–H and O–H groups in total. The van der Waals surface area contributed by atoms with Gasteiger partial charge in [0.1, 0.15) is 10.6 Å². The number of sulfonamides is 2. The maximum Gasteiger partial charge on any atom is 0.255 e. The molecule has 168 valence electrons. The van der Waals surface area contributed by atoms with Crippen molar-refractivity contribution in [3.8, 4) is 5.75 Å². The average molecular weight is 468 g/mol. The topological polar surface area (TPSA) is 136 Å². The lowest BCUT2D eigenvalue weighted by Gasteiger charge is -2.32. The van der Waals surface area contributed by atoms with E-state index in [2.05, 4.69) is 5.32 Å². The van der Waals surface area contributed by atoms with Crippen molar-refractivity contribution in [1.29, 1.82) is 0 Å². The molecule has 1 atom stereocenters. The van der Waals surface area contributed by atoms with Gasteiger partial charge in [0.25, 0.3) is 5.91 Å².